The van der Waals surface area contributed by atoms with Crippen LogP contribution in [-0.2, 0) is 6.54 Å². The van der Waals surface area contributed by atoms with E-state index < -0.39 is 0 Å². The smallest absolute Gasteiger partial charge is 0.241 e. The van der Waals surface area contributed by atoms with Crippen molar-refractivity contribution in [1.82, 2.24) is 15.0 Å². The van der Waals surface area contributed by atoms with Gasteiger partial charge < -0.3 is 9.63 Å². The lowest BCUT2D eigenvalue weighted by atomic mass is 10.00. The van der Waals surface area contributed by atoms with Gasteiger partial charge in [0.2, 0.25) is 11.7 Å². The molecule has 0 saturated carbocycles. The summed E-state index contributed by atoms with van der Waals surface area (Å²) >= 11 is 1.62. The van der Waals surface area contributed by atoms with Gasteiger partial charge in [-0.1, -0.05) is 11.2 Å². The summed E-state index contributed by atoms with van der Waals surface area (Å²) < 4.78 is 5.38. The number of hydrogen-bond donors (Lipinski definition) is 1. The first-order valence-electron chi connectivity index (χ1n) is 7.10. The van der Waals surface area contributed by atoms with Crippen LogP contribution in [-0.4, -0.2) is 38.3 Å². The summed E-state index contributed by atoms with van der Waals surface area (Å²) in [5.41, 5.74) is 0. The molecule has 5 nitrogen and oxygen atoms in total. The molecule has 2 aromatic rings. The van der Waals surface area contributed by atoms with Gasteiger partial charge >= 0.3 is 0 Å². The Hall–Kier alpha value is -1.24. The maximum absolute atomic E-state index is 9.83. The molecule has 0 aromatic carbocycles. The van der Waals surface area contributed by atoms with Gasteiger partial charge in [0, 0.05) is 12.1 Å². The molecule has 2 aromatic heterocycles. The minimum atomic E-state index is -0.131. The first kappa shape index (κ1) is 12.5. The zero-order chi connectivity index (χ0) is 13.5. The minimum absolute atomic E-state index is 0.131. The monoisotopic (exact) mass is 291 g/mol. The summed E-state index contributed by atoms with van der Waals surface area (Å²) in [6.07, 6.45) is 3.97. The summed E-state index contributed by atoms with van der Waals surface area (Å²) in [4.78, 5) is 7.96. The fourth-order valence-electron chi connectivity index (χ4n) is 3.48. The van der Waals surface area contributed by atoms with E-state index in [1.54, 1.807) is 11.3 Å². The molecule has 2 unspecified atom stereocenters. The fraction of sp³-hybridized carbons (Fsp3) is 0.571. The highest BCUT2D eigenvalue weighted by atomic mass is 32.1. The number of aliphatic hydroxyl groups excluding tert-OH is 1. The standard InChI is InChI=1S/C14H17N3O2S/c18-11-6-9-3-4-10(7-11)17(9)8-13-15-14(16-19-13)12-2-1-5-20-12/h1-2,5,9-11,18H,3-4,6-8H2. The van der Waals surface area contributed by atoms with Gasteiger partial charge in [-0.2, -0.15) is 4.98 Å². The van der Waals surface area contributed by atoms with E-state index in [1.165, 1.54) is 12.8 Å². The Kier molecular flexibility index (Phi) is 3.09. The third kappa shape index (κ3) is 2.17. The van der Waals surface area contributed by atoms with Gasteiger partial charge in [0.1, 0.15) is 0 Å². The molecule has 2 atom stereocenters. The number of aromatic nitrogens is 2. The second-order valence-electron chi connectivity index (χ2n) is 5.67. The summed E-state index contributed by atoms with van der Waals surface area (Å²) in [6, 6.07) is 4.93. The first-order chi connectivity index (χ1) is 9.79. The van der Waals surface area contributed by atoms with Crippen molar-refractivity contribution < 1.29 is 9.63 Å². The predicted octanol–water partition coefficient (Wildman–Crippen LogP) is 2.29. The number of aliphatic hydroxyl groups is 1. The van der Waals surface area contributed by atoms with Crippen LogP contribution in [0.1, 0.15) is 31.6 Å². The fourth-order valence-corrected chi connectivity index (χ4v) is 4.13. The van der Waals surface area contributed by atoms with E-state index >= 15 is 0 Å². The Morgan fingerprint density at radius 3 is 2.85 bits per heavy atom. The molecule has 0 spiro atoms. The summed E-state index contributed by atoms with van der Waals surface area (Å²) in [5, 5.41) is 15.9. The number of rotatable bonds is 3. The van der Waals surface area contributed by atoms with Crippen molar-refractivity contribution in [1.29, 1.82) is 0 Å². The highest BCUT2D eigenvalue weighted by Gasteiger charge is 2.40. The van der Waals surface area contributed by atoms with Crippen molar-refractivity contribution in [2.45, 2.75) is 50.4 Å². The Bertz CT molecular complexity index is 569. The van der Waals surface area contributed by atoms with Crippen LogP contribution in [0.25, 0.3) is 10.7 Å². The maximum Gasteiger partial charge on any atom is 0.241 e. The maximum atomic E-state index is 9.83. The lowest BCUT2D eigenvalue weighted by molar-refractivity contribution is 0.0256. The molecule has 2 aliphatic rings. The van der Waals surface area contributed by atoms with E-state index in [9.17, 15) is 5.11 Å². The lowest BCUT2D eigenvalue weighted by Crippen LogP contribution is -2.44. The molecule has 0 radical (unpaired) electrons. The van der Waals surface area contributed by atoms with Crippen molar-refractivity contribution >= 4 is 11.3 Å². The van der Waals surface area contributed by atoms with E-state index in [-0.39, 0.29) is 6.10 Å². The number of nitrogens with zero attached hydrogens (tertiary/aromatic N) is 3. The van der Waals surface area contributed by atoms with Gasteiger partial charge in [-0.15, -0.1) is 11.3 Å². The number of thiophene rings is 1. The molecule has 2 bridgehead atoms. The molecule has 6 heteroatoms. The highest BCUT2D eigenvalue weighted by Crippen LogP contribution is 2.36. The quantitative estimate of drug-likeness (QED) is 0.940. The molecule has 20 heavy (non-hydrogen) atoms. The zero-order valence-electron chi connectivity index (χ0n) is 11.1. The molecular formula is C14H17N3O2S. The van der Waals surface area contributed by atoms with Crippen molar-refractivity contribution in [3.05, 3.63) is 23.4 Å². The van der Waals surface area contributed by atoms with Crippen LogP contribution in [0.2, 0.25) is 0 Å². The van der Waals surface area contributed by atoms with Gasteiger partial charge in [-0.05, 0) is 37.1 Å². The van der Waals surface area contributed by atoms with Crippen molar-refractivity contribution in [2.24, 2.45) is 0 Å². The number of piperidine rings is 1. The molecule has 0 amide bonds. The Morgan fingerprint density at radius 2 is 2.15 bits per heavy atom. The van der Waals surface area contributed by atoms with Crippen molar-refractivity contribution in [3.8, 4) is 10.7 Å². The van der Waals surface area contributed by atoms with Gasteiger partial charge in [0.25, 0.3) is 0 Å². The van der Waals surface area contributed by atoms with E-state index in [0.29, 0.717) is 30.3 Å². The van der Waals surface area contributed by atoms with Crippen LogP contribution in [0.4, 0.5) is 0 Å². The third-order valence-electron chi connectivity index (χ3n) is 4.39. The Morgan fingerprint density at radius 1 is 1.35 bits per heavy atom. The van der Waals surface area contributed by atoms with Crippen molar-refractivity contribution in [3.63, 3.8) is 0 Å². The van der Waals surface area contributed by atoms with Crippen LogP contribution < -0.4 is 0 Å². The molecule has 2 saturated heterocycles. The molecule has 2 aliphatic heterocycles. The average molecular weight is 291 g/mol. The third-order valence-corrected chi connectivity index (χ3v) is 5.25. The van der Waals surface area contributed by atoms with Crippen molar-refractivity contribution in [2.75, 3.05) is 0 Å². The van der Waals surface area contributed by atoms with E-state index in [1.807, 2.05) is 17.5 Å². The second-order valence-corrected chi connectivity index (χ2v) is 6.62. The molecule has 106 valence electrons. The second kappa shape index (κ2) is 4.95. The largest absolute Gasteiger partial charge is 0.393 e. The summed E-state index contributed by atoms with van der Waals surface area (Å²) in [7, 11) is 0. The van der Waals surface area contributed by atoms with Crippen LogP contribution in [0.5, 0.6) is 0 Å². The zero-order valence-corrected chi connectivity index (χ0v) is 11.9. The molecule has 4 heterocycles. The Balaban J connectivity index is 1.50. The summed E-state index contributed by atoms with van der Waals surface area (Å²) in [5.74, 6) is 1.36. The molecular weight excluding hydrogens is 274 g/mol. The lowest BCUT2D eigenvalue weighted by Gasteiger charge is -2.36. The van der Waals surface area contributed by atoms with Crippen LogP contribution in [0.15, 0.2) is 22.0 Å². The number of fused-ring (bicyclic) bond motifs is 2. The minimum Gasteiger partial charge on any atom is -0.393 e. The van der Waals surface area contributed by atoms with Gasteiger partial charge in [-0.25, -0.2) is 0 Å². The average Bonchev–Trinajstić information content (AvgIpc) is 3.12. The van der Waals surface area contributed by atoms with Crippen LogP contribution >= 0.6 is 11.3 Å². The first-order valence-corrected chi connectivity index (χ1v) is 7.98. The molecule has 4 rings (SSSR count). The van der Waals surface area contributed by atoms with Crippen LogP contribution in [0, 0.1) is 0 Å². The van der Waals surface area contributed by atoms with Crippen LogP contribution in [0.3, 0.4) is 0 Å². The molecule has 1 N–H and O–H groups in total. The predicted molar refractivity (Wildman–Crippen MR) is 75.2 cm³/mol. The van der Waals surface area contributed by atoms with E-state index in [4.69, 9.17) is 4.52 Å². The SMILES string of the molecule is OC1CC2CCC(C1)N2Cc1nc(-c2cccs2)no1. The molecule has 0 aliphatic carbocycles. The van der Waals surface area contributed by atoms with E-state index in [0.717, 1.165) is 17.7 Å². The normalized spacial score (nSPS) is 29.9. The number of hydrogen-bond acceptors (Lipinski definition) is 6. The summed E-state index contributed by atoms with van der Waals surface area (Å²) in [6.45, 7) is 0.709. The van der Waals surface area contributed by atoms with Gasteiger partial charge in [0.15, 0.2) is 0 Å². The van der Waals surface area contributed by atoms with E-state index in [2.05, 4.69) is 15.0 Å². The highest BCUT2D eigenvalue weighted by molar-refractivity contribution is 7.13. The topological polar surface area (TPSA) is 62.4 Å². The Labute approximate surface area is 121 Å². The molecule has 2 fully saturated rings. The van der Waals surface area contributed by atoms with Gasteiger partial charge in [0.05, 0.1) is 17.5 Å². The van der Waals surface area contributed by atoms with Gasteiger partial charge in [-0.3, -0.25) is 4.90 Å².